The maximum atomic E-state index is 5.75. The first-order chi connectivity index (χ1) is 5.31. The van der Waals surface area contributed by atoms with Gasteiger partial charge in [0.25, 0.3) is 0 Å². The van der Waals surface area contributed by atoms with Crippen LogP contribution in [0.4, 0.5) is 0 Å². The second-order valence-electron chi connectivity index (χ2n) is 2.89. The Morgan fingerprint density at radius 3 is 2.55 bits per heavy atom. The van der Waals surface area contributed by atoms with Gasteiger partial charge in [0.05, 0.1) is 0 Å². The fourth-order valence-corrected chi connectivity index (χ4v) is 4.74. The van der Waals surface area contributed by atoms with Gasteiger partial charge in [0.2, 0.25) is 0 Å². The molecule has 1 atom stereocenters. The Morgan fingerprint density at radius 2 is 2.00 bits per heavy atom. The van der Waals surface area contributed by atoms with Gasteiger partial charge in [-0.1, -0.05) is 0 Å². The summed E-state index contributed by atoms with van der Waals surface area (Å²) in [5.74, 6) is 0. The Kier molecular flexibility index (Phi) is 10.2. The van der Waals surface area contributed by atoms with Gasteiger partial charge < -0.3 is 0 Å². The summed E-state index contributed by atoms with van der Waals surface area (Å²) in [5, 5.41) is 0. The van der Waals surface area contributed by atoms with Gasteiger partial charge in [-0.25, -0.2) is 0 Å². The summed E-state index contributed by atoms with van der Waals surface area (Å²) in [5.41, 5.74) is 11.0. The fourth-order valence-electron chi connectivity index (χ4n) is 0.972. The van der Waals surface area contributed by atoms with Crippen molar-refractivity contribution in [1.82, 2.24) is 0 Å². The van der Waals surface area contributed by atoms with Crippen LogP contribution in [0.1, 0.15) is 25.7 Å². The van der Waals surface area contributed by atoms with Crippen molar-refractivity contribution in [3.05, 3.63) is 0 Å². The van der Waals surface area contributed by atoms with E-state index in [0.717, 1.165) is 6.42 Å². The van der Waals surface area contributed by atoms with E-state index >= 15 is 0 Å². The van der Waals surface area contributed by atoms with E-state index < -0.39 is 23.3 Å². The summed E-state index contributed by atoms with van der Waals surface area (Å²) >= 11 is -0.824. The molecule has 4 heteroatoms. The molecule has 0 aromatic carbocycles. The fraction of sp³-hybridized carbons (Fsp3) is 1.00. The predicted molar refractivity (Wildman–Crippen MR) is 46.2 cm³/mol. The van der Waals surface area contributed by atoms with Crippen molar-refractivity contribution >= 4 is 8.25 Å². The SMILES string of the molecule is NCC(N)CCCC[CH2][Hg][Cl]. The predicted octanol–water partition coefficient (Wildman–Crippen LogP) is 1.49. The van der Waals surface area contributed by atoms with Crippen molar-refractivity contribution in [2.75, 3.05) is 6.54 Å². The number of nitrogens with two attached hydrogens (primary N) is 2. The van der Waals surface area contributed by atoms with Gasteiger partial charge in [-0.15, -0.1) is 0 Å². The Bertz CT molecular complexity index is 82.8. The molecule has 0 bridgehead atoms. The summed E-state index contributed by atoms with van der Waals surface area (Å²) in [7, 11) is 5.75. The second-order valence-corrected chi connectivity index (χ2v) is 10.4. The molecule has 11 heavy (non-hydrogen) atoms. The second kappa shape index (κ2) is 9.23. The molecule has 4 N–H and O–H groups in total. The van der Waals surface area contributed by atoms with Gasteiger partial charge in [-0.05, 0) is 0 Å². The molecular weight excluding hydrogens is 348 g/mol. The van der Waals surface area contributed by atoms with E-state index in [1.807, 2.05) is 0 Å². The first-order valence-electron chi connectivity index (χ1n) is 4.33. The molecule has 0 spiro atoms. The number of rotatable bonds is 7. The topological polar surface area (TPSA) is 52.0 Å². The van der Waals surface area contributed by atoms with Gasteiger partial charge >= 0.3 is 85.3 Å². The van der Waals surface area contributed by atoms with E-state index in [4.69, 9.17) is 19.7 Å². The summed E-state index contributed by atoms with van der Waals surface area (Å²) in [6.45, 7) is 0.621. The molecule has 0 fully saturated rings. The summed E-state index contributed by atoms with van der Waals surface area (Å²) < 4.78 is 1.35. The zero-order chi connectivity index (χ0) is 8.53. The maximum absolute atomic E-state index is 5.75. The van der Waals surface area contributed by atoms with E-state index in [2.05, 4.69) is 0 Å². The zero-order valence-corrected chi connectivity index (χ0v) is 13.3. The molecule has 0 aromatic heterocycles. The number of unbranched alkanes of at least 4 members (excludes halogenated alkanes) is 2. The molecule has 0 aliphatic carbocycles. The summed E-state index contributed by atoms with van der Waals surface area (Å²) in [6.07, 6.45) is 4.92. The van der Waals surface area contributed by atoms with Crippen molar-refractivity contribution in [3.8, 4) is 0 Å². The monoisotopic (exact) mass is 366 g/mol. The van der Waals surface area contributed by atoms with Gasteiger partial charge in [0, 0.05) is 0 Å². The molecule has 1 unspecified atom stereocenters. The molecular formula is C7H17ClHgN2. The molecule has 0 rings (SSSR count). The van der Waals surface area contributed by atoms with Gasteiger partial charge in [0.15, 0.2) is 0 Å². The van der Waals surface area contributed by atoms with E-state index in [9.17, 15) is 0 Å². The Balaban J connectivity index is 2.89. The van der Waals surface area contributed by atoms with Crippen LogP contribution in [0.5, 0.6) is 0 Å². The first kappa shape index (κ1) is 12.1. The van der Waals surface area contributed by atoms with Crippen LogP contribution in [0.2, 0.25) is 3.93 Å². The van der Waals surface area contributed by atoms with Gasteiger partial charge in [-0.3, -0.25) is 0 Å². The molecule has 0 heterocycles. The van der Waals surface area contributed by atoms with Crippen molar-refractivity contribution in [2.45, 2.75) is 35.7 Å². The van der Waals surface area contributed by atoms with E-state index in [1.54, 1.807) is 0 Å². The standard InChI is InChI=1S/C7H17N2.ClH.Hg/c1-2-3-4-5-7(9)6-8;;/h7H,1-6,8-9H2;1H;/q;;+1/p-1. The normalized spacial score (nSPS) is 12.6. The average Bonchev–Trinajstić information content (AvgIpc) is 2.04. The molecule has 0 saturated carbocycles. The van der Waals surface area contributed by atoms with Gasteiger partial charge in [0.1, 0.15) is 0 Å². The molecule has 0 radical (unpaired) electrons. The third-order valence-corrected chi connectivity index (χ3v) is 7.09. The molecule has 0 aliphatic rings. The van der Waals surface area contributed by atoms with Crippen LogP contribution in [-0.4, -0.2) is 12.6 Å². The Labute approximate surface area is 84.9 Å². The minimum atomic E-state index is -0.824. The zero-order valence-electron chi connectivity index (χ0n) is 7.06. The molecule has 0 amide bonds. The van der Waals surface area contributed by atoms with Crippen molar-refractivity contribution in [1.29, 1.82) is 0 Å². The van der Waals surface area contributed by atoms with E-state index in [0.29, 0.717) is 6.54 Å². The van der Waals surface area contributed by atoms with Gasteiger partial charge in [-0.2, -0.15) is 0 Å². The number of halogens is 1. The molecule has 64 valence electrons. The van der Waals surface area contributed by atoms with Crippen LogP contribution >= 0.6 is 8.25 Å². The van der Waals surface area contributed by atoms with Crippen molar-refractivity contribution < 1.29 is 23.3 Å². The van der Waals surface area contributed by atoms with Crippen molar-refractivity contribution in [2.24, 2.45) is 11.5 Å². The van der Waals surface area contributed by atoms with E-state index in [1.165, 1.54) is 23.2 Å². The molecule has 0 aromatic rings. The van der Waals surface area contributed by atoms with Crippen LogP contribution in [0.3, 0.4) is 0 Å². The van der Waals surface area contributed by atoms with Crippen LogP contribution < -0.4 is 11.5 Å². The van der Waals surface area contributed by atoms with Crippen molar-refractivity contribution in [3.63, 3.8) is 0 Å². The molecule has 0 aliphatic heterocycles. The van der Waals surface area contributed by atoms with Crippen LogP contribution in [0.25, 0.3) is 0 Å². The van der Waals surface area contributed by atoms with E-state index in [-0.39, 0.29) is 6.04 Å². The summed E-state index contributed by atoms with van der Waals surface area (Å²) in [6, 6.07) is 0.218. The minimum absolute atomic E-state index is 0.218. The third-order valence-electron chi connectivity index (χ3n) is 1.76. The van der Waals surface area contributed by atoms with Crippen LogP contribution in [-0.2, 0) is 23.3 Å². The number of hydrogen-bond donors (Lipinski definition) is 2. The van der Waals surface area contributed by atoms with Crippen LogP contribution in [0.15, 0.2) is 0 Å². The van der Waals surface area contributed by atoms with Crippen LogP contribution in [0, 0.1) is 0 Å². The first-order valence-corrected chi connectivity index (χ1v) is 15.0. The quantitative estimate of drug-likeness (QED) is 0.531. The average molecular weight is 365 g/mol. The third kappa shape index (κ3) is 9.06. The Hall–Kier alpha value is 1.15. The Morgan fingerprint density at radius 1 is 1.27 bits per heavy atom. The molecule has 2 nitrogen and oxygen atoms in total. The number of hydrogen-bond acceptors (Lipinski definition) is 2. The molecule has 0 saturated heterocycles. The summed E-state index contributed by atoms with van der Waals surface area (Å²) in [4.78, 5) is 0.